The zero-order chi connectivity index (χ0) is 15.6. The van der Waals surface area contributed by atoms with Crippen LogP contribution in [0.25, 0.3) is 0 Å². The molecule has 0 atom stereocenters. The highest BCUT2D eigenvalue weighted by atomic mass is 35.5. The number of rotatable bonds is 3. The molecule has 0 N–H and O–H groups in total. The molecule has 0 radical (unpaired) electrons. The Hall–Kier alpha value is -1.11. The van der Waals surface area contributed by atoms with Crippen molar-refractivity contribution in [1.82, 2.24) is 0 Å². The van der Waals surface area contributed by atoms with E-state index in [0.29, 0.717) is 11.3 Å². The number of imide groups is 1. The molecule has 0 fully saturated rings. The highest BCUT2D eigenvalue weighted by Gasteiger charge is 2.33. The Balaban J connectivity index is 2.58. The summed E-state index contributed by atoms with van der Waals surface area (Å²) in [6, 6.07) is 0. The van der Waals surface area contributed by atoms with Gasteiger partial charge in [0.1, 0.15) is 5.00 Å². The van der Waals surface area contributed by atoms with Crippen LogP contribution in [0, 0.1) is 0 Å². The minimum absolute atomic E-state index is 0.153. The van der Waals surface area contributed by atoms with Crippen LogP contribution in [0.5, 0.6) is 0 Å². The molecule has 0 saturated heterocycles. The number of amides is 2. The Morgan fingerprint density at radius 2 is 1.81 bits per heavy atom. The average Bonchev–Trinajstić information content (AvgIpc) is 2.76. The molecule has 0 saturated carbocycles. The monoisotopic (exact) mass is 349 g/mol. The summed E-state index contributed by atoms with van der Waals surface area (Å²) in [7, 11) is 0. The Kier molecular flexibility index (Phi) is 5.24. The van der Waals surface area contributed by atoms with Crippen LogP contribution in [0.2, 0.25) is 0 Å². The number of esters is 1. The standard InChI is InChI=1S/C13H13Cl2NO4S/c1-2-20-11(17)9-7-5-3-4-6-8(7)21-10(9)16(12(14)18)13(15)19/h2-6H2,1H3. The summed E-state index contributed by atoms with van der Waals surface area (Å²) in [6.07, 6.45) is 3.45. The van der Waals surface area contributed by atoms with Crippen molar-refractivity contribution in [2.24, 2.45) is 0 Å². The number of fused-ring (bicyclic) bond motifs is 1. The van der Waals surface area contributed by atoms with Crippen molar-refractivity contribution in [3.8, 4) is 0 Å². The van der Waals surface area contributed by atoms with E-state index in [4.69, 9.17) is 27.9 Å². The first kappa shape index (κ1) is 16.3. The van der Waals surface area contributed by atoms with Crippen LogP contribution >= 0.6 is 34.5 Å². The van der Waals surface area contributed by atoms with Gasteiger partial charge in [-0.05, 0) is 61.4 Å². The third-order valence-corrected chi connectivity index (χ3v) is 4.80. The van der Waals surface area contributed by atoms with E-state index >= 15 is 0 Å². The number of aryl methyl sites for hydroxylation is 1. The van der Waals surface area contributed by atoms with Crippen LogP contribution in [0.15, 0.2) is 0 Å². The van der Waals surface area contributed by atoms with Crippen molar-refractivity contribution in [3.63, 3.8) is 0 Å². The van der Waals surface area contributed by atoms with Gasteiger partial charge in [-0.3, -0.25) is 9.59 Å². The van der Waals surface area contributed by atoms with E-state index in [2.05, 4.69) is 0 Å². The number of ether oxygens (including phenoxy) is 1. The van der Waals surface area contributed by atoms with Gasteiger partial charge in [-0.25, -0.2) is 9.69 Å². The van der Waals surface area contributed by atoms with Crippen molar-refractivity contribution < 1.29 is 19.1 Å². The average molecular weight is 350 g/mol. The van der Waals surface area contributed by atoms with E-state index in [1.54, 1.807) is 6.92 Å². The second-order valence-corrected chi connectivity index (χ2v) is 6.18. The lowest BCUT2D eigenvalue weighted by Crippen LogP contribution is -2.29. The third kappa shape index (κ3) is 3.22. The van der Waals surface area contributed by atoms with E-state index in [9.17, 15) is 14.4 Å². The summed E-state index contributed by atoms with van der Waals surface area (Å²) in [5, 5.41) is -1.93. The smallest absolute Gasteiger partial charge is 0.341 e. The minimum atomic E-state index is -1.04. The van der Waals surface area contributed by atoms with Gasteiger partial charge in [0.2, 0.25) is 0 Å². The molecule has 0 bridgehead atoms. The van der Waals surface area contributed by atoms with E-state index in [-0.39, 0.29) is 17.2 Å². The number of nitrogens with zero attached hydrogens (tertiary/aromatic N) is 1. The Labute approximate surface area is 135 Å². The van der Waals surface area contributed by atoms with E-state index in [1.807, 2.05) is 0 Å². The molecule has 0 spiro atoms. The number of hydrogen-bond acceptors (Lipinski definition) is 5. The summed E-state index contributed by atoms with van der Waals surface area (Å²) < 4.78 is 5.03. The zero-order valence-corrected chi connectivity index (χ0v) is 13.6. The molecule has 1 heterocycles. The number of carbonyl (C=O) groups is 3. The lowest BCUT2D eigenvalue weighted by Gasteiger charge is -2.15. The van der Waals surface area contributed by atoms with E-state index in [1.165, 1.54) is 11.3 Å². The Morgan fingerprint density at radius 3 is 2.38 bits per heavy atom. The quantitative estimate of drug-likeness (QED) is 0.462. The fourth-order valence-corrected chi connectivity index (χ4v) is 4.19. The highest BCUT2D eigenvalue weighted by Crippen LogP contribution is 2.41. The summed E-state index contributed by atoms with van der Waals surface area (Å²) in [5.74, 6) is -0.562. The molecule has 0 aromatic carbocycles. The normalized spacial score (nSPS) is 13.5. The maximum Gasteiger partial charge on any atom is 0.341 e. The van der Waals surface area contributed by atoms with Gasteiger partial charge >= 0.3 is 16.7 Å². The molecule has 1 aromatic heterocycles. The van der Waals surface area contributed by atoms with Crippen molar-refractivity contribution in [3.05, 3.63) is 16.0 Å². The molecule has 0 aliphatic heterocycles. The largest absolute Gasteiger partial charge is 0.462 e. The van der Waals surface area contributed by atoms with Crippen molar-refractivity contribution in [1.29, 1.82) is 0 Å². The van der Waals surface area contributed by atoms with Gasteiger partial charge in [0.05, 0.1) is 12.2 Å². The summed E-state index contributed by atoms with van der Waals surface area (Å²) in [6.45, 7) is 1.89. The first-order valence-corrected chi connectivity index (χ1v) is 8.05. The molecule has 2 rings (SSSR count). The van der Waals surface area contributed by atoms with E-state index < -0.39 is 16.7 Å². The van der Waals surface area contributed by atoms with Crippen LogP contribution in [-0.4, -0.2) is 23.3 Å². The number of hydrogen-bond donors (Lipinski definition) is 0. The molecule has 1 aromatic rings. The van der Waals surface area contributed by atoms with Gasteiger partial charge in [0, 0.05) is 4.88 Å². The fraction of sp³-hybridized carbons (Fsp3) is 0.462. The van der Waals surface area contributed by atoms with Crippen molar-refractivity contribution in [2.75, 3.05) is 11.5 Å². The second-order valence-electron chi connectivity index (χ2n) is 4.45. The first-order valence-electron chi connectivity index (χ1n) is 6.48. The number of carbonyl (C=O) groups excluding carboxylic acids is 3. The minimum Gasteiger partial charge on any atom is -0.462 e. The van der Waals surface area contributed by atoms with Gasteiger partial charge in [0.15, 0.2) is 0 Å². The molecule has 1 aliphatic rings. The molecule has 2 amide bonds. The predicted octanol–water partition coefficient (Wildman–Crippen LogP) is 4.33. The number of thiophene rings is 1. The third-order valence-electron chi connectivity index (χ3n) is 3.19. The van der Waals surface area contributed by atoms with Crippen LogP contribution in [0.1, 0.15) is 40.6 Å². The molecule has 21 heavy (non-hydrogen) atoms. The number of anilines is 1. The summed E-state index contributed by atoms with van der Waals surface area (Å²) in [4.78, 5) is 36.7. The predicted molar refractivity (Wildman–Crippen MR) is 81.9 cm³/mol. The molecule has 1 aliphatic carbocycles. The van der Waals surface area contributed by atoms with E-state index in [0.717, 1.165) is 29.7 Å². The lowest BCUT2D eigenvalue weighted by molar-refractivity contribution is 0.0526. The van der Waals surface area contributed by atoms with Crippen LogP contribution < -0.4 is 4.90 Å². The lowest BCUT2D eigenvalue weighted by atomic mass is 9.95. The van der Waals surface area contributed by atoms with Gasteiger partial charge in [-0.2, -0.15) is 0 Å². The van der Waals surface area contributed by atoms with Gasteiger partial charge in [0.25, 0.3) is 0 Å². The fourth-order valence-electron chi connectivity index (χ4n) is 2.35. The van der Waals surface area contributed by atoms with Crippen molar-refractivity contribution >= 4 is 56.2 Å². The molecular weight excluding hydrogens is 337 g/mol. The highest BCUT2D eigenvalue weighted by molar-refractivity contribution is 7.17. The molecule has 5 nitrogen and oxygen atoms in total. The van der Waals surface area contributed by atoms with Crippen LogP contribution in [0.4, 0.5) is 14.6 Å². The first-order chi connectivity index (χ1) is 9.97. The molecule has 8 heteroatoms. The topological polar surface area (TPSA) is 63.7 Å². The van der Waals surface area contributed by atoms with Gasteiger partial charge < -0.3 is 4.74 Å². The Bertz CT molecular complexity index is 585. The second kappa shape index (κ2) is 6.77. The van der Waals surface area contributed by atoms with Gasteiger partial charge in [-0.1, -0.05) is 0 Å². The van der Waals surface area contributed by atoms with Crippen LogP contribution in [0.3, 0.4) is 0 Å². The maximum absolute atomic E-state index is 12.2. The molecule has 0 unspecified atom stereocenters. The summed E-state index contributed by atoms with van der Waals surface area (Å²) in [5.41, 5.74) is 1.07. The van der Waals surface area contributed by atoms with Crippen LogP contribution in [-0.2, 0) is 17.6 Å². The molecular formula is C13H13Cl2NO4S. The summed E-state index contributed by atoms with van der Waals surface area (Å²) >= 11 is 12.0. The number of halogens is 2. The Morgan fingerprint density at radius 1 is 1.19 bits per heavy atom. The van der Waals surface area contributed by atoms with Crippen molar-refractivity contribution in [2.45, 2.75) is 32.6 Å². The molecule has 114 valence electrons. The SMILES string of the molecule is CCOC(=O)c1c(N(C(=O)Cl)C(=O)Cl)sc2c1CCCC2. The zero-order valence-electron chi connectivity index (χ0n) is 11.3. The maximum atomic E-state index is 12.2. The van der Waals surface area contributed by atoms with Gasteiger partial charge in [-0.15, -0.1) is 11.3 Å².